The number of carbonyl (C=O) groups is 1. The van der Waals surface area contributed by atoms with Crippen LogP contribution in [0.2, 0.25) is 0 Å². The molecular formula is C11H16ClN3O. The fourth-order valence-corrected chi connectivity index (χ4v) is 2.04. The predicted octanol–water partition coefficient (Wildman–Crippen LogP) is 0.953. The topological polar surface area (TPSA) is 59.2 Å². The van der Waals surface area contributed by atoms with Crippen molar-refractivity contribution in [3.8, 4) is 0 Å². The van der Waals surface area contributed by atoms with Crippen LogP contribution in [0.25, 0.3) is 0 Å². The van der Waals surface area contributed by atoms with Crippen LogP contribution in [0.1, 0.15) is 18.5 Å². The summed E-state index contributed by atoms with van der Waals surface area (Å²) in [7, 11) is 0. The predicted molar refractivity (Wildman–Crippen MR) is 64.1 cm³/mol. The van der Waals surface area contributed by atoms with Gasteiger partial charge in [0.2, 0.25) is 5.91 Å². The average molecular weight is 242 g/mol. The molecule has 0 bridgehead atoms. The quantitative estimate of drug-likeness (QED) is 0.857. The van der Waals surface area contributed by atoms with Crippen LogP contribution >= 0.6 is 12.4 Å². The molecule has 2 rings (SSSR count). The molecule has 2 heterocycles. The van der Waals surface area contributed by atoms with Gasteiger partial charge in [0.25, 0.3) is 0 Å². The highest BCUT2D eigenvalue weighted by atomic mass is 35.5. The Morgan fingerprint density at radius 1 is 1.56 bits per heavy atom. The van der Waals surface area contributed by atoms with E-state index in [4.69, 9.17) is 5.73 Å². The molecule has 0 aliphatic carbocycles. The Bertz CT molecular complexity index is 344. The zero-order valence-corrected chi connectivity index (χ0v) is 9.82. The fraction of sp³-hybridized carbons (Fsp3) is 0.455. The van der Waals surface area contributed by atoms with Crippen molar-refractivity contribution in [2.24, 2.45) is 5.73 Å². The molecule has 1 atom stereocenters. The van der Waals surface area contributed by atoms with Gasteiger partial charge >= 0.3 is 0 Å². The minimum Gasteiger partial charge on any atom is -0.368 e. The molecule has 4 nitrogen and oxygen atoms in total. The highest BCUT2D eigenvalue weighted by Crippen LogP contribution is 2.18. The second kappa shape index (κ2) is 5.82. The van der Waals surface area contributed by atoms with E-state index in [9.17, 15) is 4.79 Å². The SMILES string of the molecule is Cl.NC(=O)[C@H]1CCCN1Cc1ccccn1. The minimum atomic E-state index is -0.219. The third-order valence-electron chi connectivity index (χ3n) is 2.78. The molecule has 1 aliphatic heterocycles. The van der Waals surface area contributed by atoms with Gasteiger partial charge in [-0.15, -0.1) is 12.4 Å². The summed E-state index contributed by atoms with van der Waals surface area (Å²) in [5.74, 6) is -0.219. The number of pyridine rings is 1. The summed E-state index contributed by atoms with van der Waals surface area (Å²) in [6.45, 7) is 1.65. The maximum Gasteiger partial charge on any atom is 0.234 e. The number of rotatable bonds is 3. The Morgan fingerprint density at radius 2 is 2.38 bits per heavy atom. The third-order valence-corrected chi connectivity index (χ3v) is 2.78. The van der Waals surface area contributed by atoms with Gasteiger partial charge in [-0.3, -0.25) is 14.7 Å². The lowest BCUT2D eigenvalue weighted by atomic mass is 10.2. The van der Waals surface area contributed by atoms with Crippen molar-refractivity contribution in [3.05, 3.63) is 30.1 Å². The minimum absolute atomic E-state index is 0. The third kappa shape index (κ3) is 2.93. The second-order valence-electron chi connectivity index (χ2n) is 3.85. The van der Waals surface area contributed by atoms with Crippen LogP contribution in [0.4, 0.5) is 0 Å². The summed E-state index contributed by atoms with van der Waals surface area (Å²) < 4.78 is 0. The Hall–Kier alpha value is -1.13. The molecule has 1 amide bonds. The molecule has 1 saturated heterocycles. The Labute approximate surface area is 101 Å². The second-order valence-corrected chi connectivity index (χ2v) is 3.85. The van der Waals surface area contributed by atoms with Crippen LogP contribution in [-0.4, -0.2) is 28.4 Å². The summed E-state index contributed by atoms with van der Waals surface area (Å²) in [6, 6.07) is 5.71. The van der Waals surface area contributed by atoms with Gasteiger partial charge in [-0.1, -0.05) is 6.07 Å². The number of amides is 1. The zero-order chi connectivity index (χ0) is 10.7. The van der Waals surface area contributed by atoms with E-state index in [1.54, 1.807) is 6.20 Å². The molecule has 1 aromatic heterocycles. The molecule has 0 unspecified atom stereocenters. The standard InChI is InChI=1S/C11H15N3O.ClH/c12-11(15)10-5-3-7-14(10)8-9-4-1-2-6-13-9;/h1-2,4,6,10H,3,5,7-8H2,(H2,12,15);1H/t10-;/m1./s1. The monoisotopic (exact) mass is 241 g/mol. The number of nitrogens with two attached hydrogens (primary N) is 1. The number of hydrogen-bond donors (Lipinski definition) is 1. The first-order valence-electron chi connectivity index (χ1n) is 5.20. The highest BCUT2D eigenvalue weighted by molar-refractivity contribution is 5.85. The normalized spacial score (nSPS) is 20.4. The molecule has 5 heteroatoms. The lowest BCUT2D eigenvalue weighted by Gasteiger charge is -2.20. The molecule has 0 saturated carbocycles. The number of primary amides is 1. The summed E-state index contributed by atoms with van der Waals surface area (Å²) in [5.41, 5.74) is 6.33. The largest absolute Gasteiger partial charge is 0.368 e. The number of nitrogens with zero attached hydrogens (tertiary/aromatic N) is 2. The van der Waals surface area contributed by atoms with Gasteiger partial charge in [0.05, 0.1) is 11.7 Å². The van der Waals surface area contributed by atoms with Crippen LogP contribution in [-0.2, 0) is 11.3 Å². The van der Waals surface area contributed by atoms with Crippen LogP contribution in [0, 0.1) is 0 Å². The van der Waals surface area contributed by atoms with Gasteiger partial charge in [0.15, 0.2) is 0 Å². The summed E-state index contributed by atoms with van der Waals surface area (Å²) in [6.07, 6.45) is 3.69. The van der Waals surface area contributed by atoms with Gasteiger partial charge in [-0.2, -0.15) is 0 Å². The van der Waals surface area contributed by atoms with Crippen molar-refractivity contribution < 1.29 is 4.79 Å². The van der Waals surface area contributed by atoms with Crippen LogP contribution in [0.3, 0.4) is 0 Å². The van der Waals surface area contributed by atoms with Gasteiger partial charge in [-0.25, -0.2) is 0 Å². The van der Waals surface area contributed by atoms with E-state index in [2.05, 4.69) is 9.88 Å². The van der Waals surface area contributed by atoms with E-state index in [1.165, 1.54) is 0 Å². The number of aromatic nitrogens is 1. The first-order valence-corrected chi connectivity index (χ1v) is 5.20. The lowest BCUT2D eigenvalue weighted by Crippen LogP contribution is -2.39. The highest BCUT2D eigenvalue weighted by Gasteiger charge is 2.28. The van der Waals surface area contributed by atoms with Gasteiger partial charge in [-0.05, 0) is 31.5 Å². The van der Waals surface area contributed by atoms with E-state index in [1.807, 2.05) is 18.2 Å². The molecular weight excluding hydrogens is 226 g/mol. The van der Waals surface area contributed by atoms with E-state index in [0.29, 0.717) is 6.54 Å². The first-order chi connectivity index (χ1) is 7.27. The maximum absolute atomic E-state index is 11.2. The number of halogens is 1. The average Bonchev–Trinajstić information content (AvgIpc) is 2.67. The molecule has 1 aromatic rings. The number of carbonyl (C=O) groups excluding carboxylic acids is 1. The van der Waals surface area contributed by atoms with E-state index in [0.717, 1.165) is 25.1 Å². The zero-order valence-electron chi connectivity index (χ0n) is 9.00. The molecule has 2 N–H and O–H groups in total. The Morgan fingerprint density at radius 3 is 3.00 bits per heavy atom. The maximum atomic E-state index is 11.2. The number of hydrogen-bond acceptors (Lipinski definition) is 3. The van der Waals surface area contributed by atoms with E-state index >= 15 is 0 Å². The molecule has 0 spiro atoms. The summed E-state index contributed by atoms with van der Waals surface area (Å²) in [4.78, 5) is 17.5. The van der Waals surface area contributed by atoms with Crippen molar-refractivity contribution in [1.29, 1.82) is 0 Å². The lowest BCUT2D eigenvalue weighted by molar-refractivity contribution is -0.122. The summed E-state index contributed by atoms with van der Waals surface area (Å²) in [5, 5.41) is 0. The van der Waals surface area contributed by atoms with Gasteiger partial charge < -0.3 is 5.73 Å². The Balaban J connectivity index is 0.00000128. The molecule has 1 aliphatic rings. The van der Waals surface area contributed by atoms with Crippen LogP contribution < -0.4 is 5.73 Å². The van der Waals surface area contributed by atoms with E-state index < -0.39 is 0 Å². The van der Waals surface area contributed by atoms with Crippen molar-refractivity contribution in [1.82, 2.24) is 9.88 Å². The van der Waals surface area contributed by atoms with Crippen molar-refractivity contribution in [3.63, 3.8) is 0 Å². The molecule has 0 radical (unpaired) electrons. The van der Waals surface area contributed by atoms with Crippen LogP contribution in [0.5, 0.6) is 0 Å². The molecule has 1 fully saturated rings. The summed E-state index contributed by atoms with van der Waals surface area (Å²) >= 11 is 0. The van der Waals surface area contributed by atoms with Crippen molar-refractivity contribution in [2.75, 3.05) is 6.54 Å². The van der Waals surface area contributed by atoms with Crippen molar-refractivity contribution in [2.45, 2.75) is 25.4 Å². The van der Waals surface area contributed by atoms with Gasteiger partial charge in [0.1, 0.15) is 0 Å². The van der Waals surface area contributed by atoms with E-state index in [-0.39, 0.29) is 24.4 Å². The molecule has 88 valence electrons. The van der Waals surface area contributed by atoms with Gasteiger partial charge in [0, 0.05) is 12.7 Å². The van der Waals surface area contributed by atoms with Crippen molar-refractivity contribution >= 4 is 18.3 Å². The Kier molecular flexibility index (Phi) is 4.71. The molecule has 16 heavy (non-hydrogen) atoms. The first kappa shape index (κ1) is 12.9. The smallest absolute Gasteiger partial charge is 0.234 e. The fourth-order valence-electron chi connectivity index (χ4n) is 2.04. The number of likely N-dealkylation sites (tertiary alicyclic amines) is 1. The molecule has 0 aromatic carbocycles. The van der Waals surface area contributed by atoms with Crippen LogP contribution in [0.15, 0.2) is 24.4 Å².